The molecule has 0 fully saturated rings. The smallest absolute Gasteiger partial charge is 0.341 e. The van der Waals surface area contributed by atoms with E-state index in [2.05, 4.69) is 0 Å². The molecule has 0 amide bonds. The number of nitriles is 1. The molecule has 14 heavy (non-hydrogen) atoms. The van der Waals surface area contributed by atoms with Gasteiger partial charge in [-0.2, -0.15) is 5.26 Å². The van der Waals surface area contributed by atoms with Crippen molar-refractivity contribution in [3.8, 4) is 5.81 Å². The largest absolute Gasteiger partial charge is 0.412 e. The second kappa shape index (κ2) is 4.29. The second-order valence-electron chi connectivity index (χ2n) is 5.00. The van der Waals surface area contributed by atoms with E-state index >= 15 is 0 Å². The molecule has 0 aliphatic rings. The Morgan fingerprint density at radius 2 is 1.29 bits per heavy atom. The Labute approximate surface area is 88.0 Å². The summed E-state index contributed by atoms with van der Waals surface area (Å²) in [6, 6.07) is 0. The van der Waals surface area contributed by atoms with Crippen molar-refractivity contribution in [2.75, 3.05) is 0 Å². The van der Waals surface area contributed by atoms with Crippen molar-refractivity contribution in [1.82, 2.24) is 0 Å². The first-order valence-corrected chi connectivity index (χ1v) is 12.8. The third kappa shape index (κ3) is 6.52. The normalized spacial score (nSPS) is 13.8. The minimum atomic E-state index is -3.51. The third-order valence-electron chi connectivity index (χ3n) is 0.911. The number of hydrogen-bond acceptors (Lipinski definition) is 4. The van der Waals surface area contributed by atoms with Crippen molar-refractivity contribution >= 4 is 24.2 Å². The van der Waals surface area contributed by atoms with Crippen molar-refractivity contribution in [1.29, 1.82) is 5.26 Å². The Balaban J connectivity index is 4.70. The molecule has 0 saturated carbocycles. The highest BCUT2D eigenvalue weighted by atomic mass is 31.2. The summed E-state index contributed by atoms with van der Waals surface area (Å²) in [7, 11) is -7.52. The lowest BCUT2D eigenvalue weighted by Gasteiger charge is -2.26. The number of rotatable bonds is 4. The molecule has 0 saturated heterocycles. The summed E-state index contributed by atoms with van der Waals surface area (Å²) < 4.78 is 22.5. The summed E-state index contributed by atoms with van der Waals surface area (Å²) >= 11 is 0. The molecule has 0 unspecified atom stereocenters. The average Bonchev–Trinajstić information content (AvgIpc) is 1.78. The van der Waals surface area contributed by atoms with Crippen LogP contribution >= 0.6 is 7.60 Å². The van der Waals surface area contributed by atoms with Crippen LogP contribution < -0.4 is 0 Å². The molecule has 0 aromatic heterocycles. The van der Waals surface area contributed by atoms with Crippen LogP contribution in [0.2, 0.25) is 39.3 Å². The van der Waals surface area contributed by atoms with Crippen LogP contribution in [0.15, 0.2) is 0 Å². The highest BCUT2D eigenvalue weighted by molar-refractivity contribution is 7.62. The molecule has 0 aliphatic heterocycles. The molecule has 4 nitrogen and oxygen atoms in total. The fourth-order valence-electron chi connectivity index (χ4n) is 0.781. The van der Waals surface area contributed by atoms with Crippen molar-refractivity contribution in [2.24, 2.45) is 0 Å². The fraction of sp³-hybridized carbons (Fsp3) is 0.857. The standard InChI is InChI=1S/C7H18NO3PSi2/c1-13(2,3)10-12(9,7-8)11-14(4,5)6/h1-6H3. The van der Waals surface area contributed by atoms with Gasteiger partial charge in [0, 0.05) is 0 Å². The highest BCUT2D eigenvalue weighted by Gasteiger charge is 2.36. The van der Waals surface area contributed by atoms with Gasteiger partial charge in [0.05, 0.1) is 0 Å². The zero-order valence-electron chi connectivity index (χ0n) is 9.62. The molecule has 0 aromatic rings. The van der Waals surface area contributed by atoms with Crippen LogP contribution in [0.5, 0.6) is 0 Å². The van der Waals surface area contributed by atoms with Gasteiger partial charge >= 0.3 is 7.60 Å². The summed E-state index contributed by atoms with van der Waals surface area (Å²) in [4.78, 5) is 0. The Kier molecular flexibility index (Phi) is 4.31. The topological polar surface area (TPSA) is 59.3 Å². The molecule has 0 atom stereocenters. The molecule has 0 N–H and O–H groups in total. The van der Waals surface area contributed by atoms with E-state index in [4.69, 9.17) is 13.7 Å². The maximum Gasteiger partial charge on any atom is 0.412 e. The van der Waals surface area contributed by atoms with Gasteiger partial charge in [-0.15, -0.1) is 0 Å². The summed E-state index contributed by atoms with van der Waals surface area (Å²) in [5, 5.41) is 8.79. The zero-order chi connectivity index (χ0) is 11.6. The summed E-state index contributed by atoms with van der Waals surface area (Å²) in [5.41, 5.74) is 0. The molecule has 0 bridgehead atoms. The van der Waals surface area contributed by atoms with E-state index in [0.717, 1.165) is 0 Å². The lowest BCUT2D eigenvalue weighted by Crippen LogP contribution is -2.29. The first kappa shape index (κ1) is 14.1. The maximum atomic E-state index is 11.9. The Morgan fingerprint density at radius 1 is 1.00 bits per heavy atom. The van der Waals surface area contributed by atoms with Gasteiger partial charge in [0.2, 0.25) is 0 Å². The molecule has 0 aliphatic carbocycles. The first-order chi connectivity index (χ1) is 5.97. The Bertz CT molecular complexity index is 267. The van der Waals surface area contributed by atoms with Gasteiger partial charge in [0.15, 0.2) is 22.4 Å². The predicted molar refractivity (Wildman–Crippen MR) is 62.1 cm³/mol. The second-order valence-corrected chi connectivity index (χ2v) is 16.1. The lowest BCUT2D eigenvalue weighted by atomic mass is 11.8. The van der Waals surface area contributed by atoms with Gasteiger partial charge in [-0.05, 0) is 39.3 Å². The van der Waals surface area contributed by atoms with Crippen LogP contribution in [-0.2, 0) is 13.0 Å². The Morgan fingerprint density at radius 3 is 1.43 bits per heavy atom. The first-order valence-electron chi connectivity index (χ1n) is 4.40. The SMILES string of the molecule is C[Si](C)(C)OP(=O)(C#N)O[Si](C)(C)C. The lowest BCUT2D eigenvalue weighted by molar-refractivity contribution is 0.397. The van der Waals surface area contributed by atoms with Crippen molar-refractivity contribution in [2.45, 2.75) is 39.3 Å². The van der Waals surface area contributed by atoms with Gasteiger partial charge in [-0.1, -0.05) is 0 Å². The van der Waals surface area contributed by atoms with E-state index in [-0.39, 0.29) is 0 Å². The van der Waals surface area contributed by atoms with Crippen molar-refractivity contribution in [3.63, 3.8) is 0 Å². The molecule has 7 heteroatoms. The van der Waals surface area contributed by atoms with Crippen LogP contribution in [0.4, 0.5) is 0 Å². The van der Waals surface area contributed by atoms with Crippen LogP contribution in [-0.4, -0.2) is 16.6 Å². The van der Waals surface area contributed by atoms with Gasteiger partial charge < -0.3 is 8.43 Å². The van der Waals surface area contributed by atoms with E-state index in [1.807, 2.05) is 39.3 Å². The van der Waals surface area contributed by atoms with E-state index < -0.39 is 24.2 Å². The van der Waals surface area contributed by atoms with Crippen LogP contribution in [0, 0.1) is 11.1 Å². The van der Waals surface area contributed by atoms with E-state index in [9.17, 15) is 4.57 Å². The highest BCUT2D eigenvalue weighted by Crippen LogP contribution is 2.51. The van der Waals surface area contributed by atoms with E-state index in [1.165, 1.54) is 0 Å². The monoisotopic (exact) mass is 251 g/mol. The summed E-state index contributed by atoms with van der Waals surface area (Å²) in [6.45, 7) is 11.3. The van der Waals surface area contributed by atoms with Crippen LogP contribution in [0.25, 0.3) is 0 Å². The molecule has 0 radical (unpaired) electrons. The average molecular weight is 251 g/mol. The van der Waals surface area contributed by atoms with Gasteiger partial charge in [-0.25, -0.2) is 4.57 Å². The molecule has 0 spiro atoms. The third-order valence-corrected chi connectivity index (χ3v) is 7.46. The minimum Gasteiger partial charge on any atom is -0.341 e. The zero-order valence-corrected chi connectivity index (χ0v) is 12.5. The van der Waals surface area contributed by atoms with Gasteiger partial charge in [0.1, 0.15) is 0 Å². The molecular formula is C7H18NO3PSi2. The molecule has 82 valence electrons. The number of nitrogens with zero attached hydrogens (tertiary/aromatic N) is 1. The van der Waals surface area contributed by atoms with Gasteiger partial charge in [0.25, 0.3) is 0 Å². The van der Waals surface area contributed by atoms with Crippen LogP contribution in [0.1, 0.15) is 0 Å². The summed E-state index contributed by atoms with van der Waals surface area (Å²) in [6.07, 6.45) is 0. The fourth-order valence-corrected chi connectivity index (χ4v) is 7.36. The molecule has 0 heterocycles. The van der Waals surface area contributed by atoms with E-state index in [1.54, 1.807) is 5.81 Å². The van der Waals surface area contributed by atoms with Crippen molar-refractivity contribution in [3.05, 3.63) is 0 Å². The molecule has 0 aromatic carbocycles. The van der Waals surface area contributed by atoms with Gasteiger partial charge in [-0.3, -0.25) is 0 Å². The minimum absolute atomic E-state index is 1.67. The molecular weight excluding hydrogens is 233 g/mol. The van der Waals surface area contributed by atoms with Crippen molar-refractivity contribution < 1.29 is 13.0 Å². The Hall–Kier alpha value is 0.0738. The van der Waals surface area contributed by atoms with E-state index in [0.29, 0.717) is 0 Å². The quantitative estimate of drug-likeness (QED) is 0.568. The predicted octanol–water partition coefficient (Wildman–Crippen LogP) is 3.36. The number of hydrogen-bond donors (Lipinski definition) is 0. The van der Waals surface area contributed by atoms with Crippen LogP contribution in [0.3, 0.4) is 0 Å². The maximum absolute atomic E-state index is 11.9. The summed E-state index contributed by atoms with van der Waals surface area (Å²) in [5.74, 6) is 1.67. The molecule has 0 rings (SSSR count).